The van der Waals surface area contributed by atoms with Crippen LogP contribution in [0.5, 0.6) is 0 Å². The Morgan fingerprint density at radius 1 is 0.526 bits per heavy atom. The third kappa shape index (κ3) is 4.78. The minimum absolute atomic E-state index is 0.809. The molecule has 1 aliphatic carbocycles. The molecule has 4 heteroatoms. The van der Waals surface area contributed by atoms with Gasteiger partial charge >= 0.3 is 0 Å². The van der Waals surface area contributed by atoms with Gasteiger partial charge in [-0.3, -0.25) is 0 Å². The molecule has 0 saturated heterocycles. The summed E-state index contributed by atoms with van der Waals surface area (Å²) in [7, 11) is 0. The van der Waals surface area contributed by atoms with Crippen LogP contribution in [-0.2, 0) is 6.42 Å². The maximum Gasteiger partial charge on any atom is 0.136 e. The fourth-order valence-corrected chi connectivity index (χ4v) is 10.6. The zero-order valence-corrected chi connectivity index (χ0v) is 31.8. The van der Waals surface area contributed by atoms with Crippen LogP contribution in [-0.4, -0.2) is 9.13 Å². The van der Waals surface area contributed by atoms with E-state index >= 15 is 0 Å². The summed E-state index contributed by atoms with van der Waals surface area (Å²) in [5.41, 5.74) is 11.1. The molecule has 12 rings (SSSR count). The molecule has 0 N–H and O–H groups in total. The lowest BCUT2D eigenvalue weighted by molar-refractivity contribution is 0.669. The monoisotopic (exact) mass is 746 g/mol. The van der Waals surface area contributed by atoms with E-state index in [1.165, 1.54) is 75.3 Å². The molecule has 0 bridgehead atoms. The minimum Gasteiger partial charge on any atom is -0.456 e. The Morgan fingerprint density at radius 2 is 1.28 bits per heavy atom. The lowest BCUT2D eigenvalue weighted by Gasteiger charge is -2.11. The molecule has 0 saturated carbocycles. The predicted molar refractivity (Wildman–Crippen MR) is 243 cm³/mol. The molecule has 0 aliphatic heterocycles. The van der Waals surface area contributed by atoms with Gasteiger partial charge in [-0.2, -0.15) is 0 Å². The molecule has 0 radical (unpaired) electrons. The summed E-state index contributed by atoms with van der Waals surface area (Å²) in [4.78, 5) is 2.47. The van der Waals surface area contributed by atoms with E-state index in [2.05, 4.69) is 198 Å². The maximum absolute atomic E-state index is 6.72. The number of rotatable bonds is 3. The SMILES string of the molecule is C=C1C=Cc2c(c3c4c5ccc6ccccc6c5n(-c5ccc6oc7cc(-c8ccccc8)c8ccccc8c7c6c5)c4sc3n2-c2ccccc2)C/C=C\C=C/1. The highest BCUT2D eigenvalue weighted by atomic mass is 32.1. The summed E-state index contributed by atoms with van der Waals surface area (Å²) in [6, 6.07) is 52.6. The number of hydrogen-bond acceptors (Lipinski definition) is 2. The van der Waals surface area contributed by atoms with Gasteiger partial charge in [0, 0.05) is 43.7 Å². The number of nitrogens with zero attached hydrogens (tertiary/aromatic N) is 2. The highest BCUT2D eigenvalue weighted by Crippen LogP contribution is 2.49. The number of furan rings is 1. The lowest BCUT2D eigenvalue weighted by Crippen LogP contribution is -1.98. The van der Waals surface area contributed by atoms with Crippen LogP contribution in [0.2, 0.25) is 0 Å². The summed E-state index contributed by atoms with van der Waals surface area (Å²) in [5.74, 6) is 0. The highest BCUT2D eigenvalue weighted by molar-refractivity contribution is 7.25. The van der Waals surface area contributed by atoms with Crippen molar-refractivity contribution < 1.29 is 4.42 Å². The van der Waals surface area contributed by atoms with Gasteiger partial charge in [0.1, 0.15) is 20.8 Å². The van der Waals surface area contributed by atoms with Gasteiger partial charge < -0.3 is 13.6 Å². The quantitative estimate of drug-likeness (QED) is 0.177. The van der Waals surface area contributed by atoms with Crippen molar-refractivity contribution in [3.05, 3.63) is 199 Å². The van der Waals surface area contributed by atoms with Gasteiger partial charge in [-0.15, -0.1) is 0 Å². The van der Waals surface area contributed by atoms with E-state index in [1.807, 2.05) is 11.3 Å². The summed E-state index contributed by atoms with van der Waals surface area (Å²) in [5, 5.41) is 11.0. The smallest absolute Gasteiger partial charge is 0.136 e. The van der Waals surface area contributed by atoms with Crippen LogP contribution >= 0.6 is 11.3 Å². The maximum atomic E-state index is 6.72. The number of thiophene rings is 1. The Morgan fingerprint density at radius 3 is 2.14 bits per heavy atom. The number of fused-ring (bicyclic) bond motifs is 14. The molecule has 0 amide bonds. The normalized spacial score (nSPS) is 14.5. The van der Waals surface area contributed by atoms with Crippen LogP contribution < -0.4 is 0 Å². The van der Waals surface area contributed by atoms with Gasteiger partial charge in [0.2, 0.25) is 0 Å². The van der Waals surface area contributed by atoms with E-state index in [9.17, 15) is 0 Å². The summed E-state index contributed by atoms with van der Waals surface area (Å²) in [6.45, 7) is 4.31. The molecular formula is C53H34N2OS. The van der Waals surface area contributed by atoms with Gasteiger partial charge in [-0.25, -0.2) is 0 Å². The summed E-state index contributed by atoms with van der Waals surface area (Å²) < 4.78 is 11.7. The van der Waals surface area contributed by atoms with E-state index in [0.29, 0.717) is 0 Å². The van der Waals surface area contributed by atoms with Gasteiger partial charge in [-0.1, -0.05) is 157 Å². The van der Waals surface area contributed by atoms with Crippen LogP contribution in [0.3, 0.4) is 0 Å². The Labute approximate surface area is 332 Å². The van der Waals surface area contributed by atoms with E-state index in [-0.39, 0.29) is 0 Å². The van der Waals surface area contributed by atoms with Crippen LogP contribution in [0.1, 0.15) is 11.3 Å². The second-order valence-corrected chi connectivity index (χ2v) is 15.9. The second kappa shape index (κ2) is 12.4. The average Bonchev–Trinajstić information content (AvgIpc) is 3.99. The van der Waals surface area contributed by atoms with E-state index in [4.69, 9.17) is 4.42 Å². The fraction of sp³-hybridized carbons (Fsp3) is 0.0189. The van der Waals surface area contributed by atoms with E-state index in [0.717, 1.165) is 45.3 Å². The Balaban J connectivity index is 1.21. The van der Waals surface area contributed by atoms with Crippen molar-refractivity contribution in [1.82, 2.24) is 9.13 Å². The largest absolute Gasteiger partial charge is 0.456 e. The van der Waals surface area contributed by atoms with Crippen molar-refractivity contribution in [3.63, 3.8) is 0 Å². The van der Waals surface area contributed by atoms with Crippen molar-refractivity contribution in [1.29, 1.82) is 0 Å². The third-order valence-corrected chi connectivity index (χ3v) is 12.8. The first-order chi connectivity index (χ1) is 28.2. The first-order valence-corrected chi connectivity index (χ1v) is 20.2. The van der Waals surface area contributed by atoms with Crippen LogP contribution in [0.25, 0.3) is 103 Å². The molecule has 4 aromatic heterocycles. The minimum atomic E-state index is 0.809. The zero-order chi connectivity index (χ0) is 37.6. The molecule has 7 aromatic carbocycles. The second-order valence-electron chi connectivity index (χ2n) is 14.9. The number of benzene rings is 7. The number of para-hydroxylation sites is 1. The molecule has 57 heavy (non-hydrogen) atoms. The van der Waals surface area contributed by atoms with E-state index < -0.39 is 0 Å². The highest BCUT2D eigenvalue weighted by Gasteiger charge is 2.27. The predicted octanol–water partition coefficient (Wildman–Crippen LogP) is 14.9. The van der Waals surface area contributed by atoms with Crippen molar-refractivity contribution in [2.24, 2.45) is 0 Å². The molecule has 0 fully saturated rings. The topological polar surface area (TPSA) is 23.0 Å². The van der Waals surface area contributed by atoms with Gasteiger partial charge in [-0.05, 0) is 87.3 Å². The van der Waals surface area contributed by atoms with Crippen molar-refractivity contribution >= 4 is 92.2 Å². The fourth-order valence-electron chi connectivity index (χ4n) is 9.20. The van der Waals surface area contributed by atoms with Crippen molar-refractivity contribution in [2.75, 3.05) is 0 Å². The molecule has 0 unspecified atom stereocenters. The van der Waals surface area contributed by atoms with Gasteiger partial charge in [0.25, 0.3) is 0 Å². The van der Waals surface area contributed by atoms with Crippen LogP contribution in [0.15, 0.2) is 193 Å². The molecule has 268 valence electrons. The number of aromatic nitrogens is 2. The molecular weight excluding hydrogens is 713 g/mol. The summed E-state index contributed by atoms with van der Waals surface area (Å²) >= 11 is 1.88. The molecule has 0 spiro atoms. The van der Waals surface area contributed by atoms with Gasteiger partial charge in [0.15, 0.2) is 0 Å². The average molecular weight is 747 g/mol. The molecule has 11 aromatic rings. The molecule has 0 atom stereocenters. The number of hydrogen-bond donors (Lipinski definition) is 0. The Kier molecular flexibility index (Phi) is 7.01. The Bertz CT molecular complexity index is 3550. The first kappa shape index (κ1) is 32.1. The molecule has 4 heterocycles. The van der Waals surface area contributed by atoms with Crippen molar-refractivity contribution in [2.45, 2.75) is 6.42 Å². The van der Waals surface area contributed by atoms with Crippen LogP contribution in [0, 0.1) is 0 Å². The van der Waals surface area contributed by atoms with Crippen LogP contribution in [0.4, 0.5) is 0 Å². The summed E-state index contributed by atoms with van der Waals surface area (Å²) in [6.07, 6.45) is 13.8. The van der Waals surface area contributed by atoms with Gasteiger partial charge in [0.05, 0.1) is 11.2 Å². The standard InChI is InChI=1S/C53H34N2OS/c1-33-15-5-2-10-24-41-45(29-25-33)54(36-19-8-4-9-20-36)52-49(41)50-42-28-26-35-18-11-12-21-38(35)51(42)55(53(50)57-52)37-27-30-46-44(31-37)48-40-23-14-13-22-39(40)43(32-47(48)56-46)34-16-6-3-7-17-34/h2-23,25-32H,1,24H2/b10-2-,15-5-,29-25?. The Hall–Kier alpha value is -7.14. The van der Waals surface area contributed by atoms with Crippen molar-refractivity contribution in [3.8, 4) is 22.5 Å². The molecule has 3 nitrogen and oxygen atoms in total. The lowest BCUT2D eigenvalue weighted by atomic mass is 9.95. The molecule has 1 aliphatic rings. The first-order valence-electron chi connectivity index (χ1n) is 19.4. The number of allylic oxidation sites excluding steroid dienone is 6. The zero-order valence-electron chi connectivity index (χ0n) is 30.9. The third-order valence-electron chi connectivity index (χ3n) is 11.7. The van der Waals surface area contributed by atoms with E-state index in [1.54, 1.807) is 0 Å².